The van der Waals surface area contributed by atoms with E-state index in [1.807, 2.05) is 0 Å². The second-order valence-electron chi connectivity index (χ2n) is 4.81. The van der Waals surface area contributed by atoms with Crippen LogP contribution in [0.2, 0.25) is 0 Å². The summed E-state index contributed by atoms with van der Waals surface area (Å²) in [5, 5.41) is 9.47. The quantitative estimate of drug-likeness (QED) is 0.704. The van der Waals surface area contributed by atoms with Gasteiger partial charge < -0.3 is 10.6 Å². The molecule has 0 bridgehead atoms. The van der Waals surface area contributed by atoms with Crippen LogP contribution in [0, 0.1) is 5.82 Å². The third-order valence-corrected chi connectivity index (χ3v) is 3.96. The van der Waals surface area contributed by atoms with Crippen LogP contribution in [0.15, 0.2) is 53.4 Å². The summed E-state index contributed by atoms with van der Waals surface area (Å²) in [5.41, 5.74) is 0.463. The molecule has 2 aromatic carbocycles. The van der Waals surface area contributed by atoms with Crippen molar-refractivity contribution in [1.29, 1.82) is 0 Å². The summed E-state index contributed by atoms with van der Waals surface area (Å²) in [6.45, 7) is -0.00553. The number of benzene rings is 2. The lowest BCUT2D eigenvalue weighted by molar-refractivity contribution is -0.136. The van der Waals surface area contributed by atoms with Gasteiger partial charge in [-0.1, -0.05) is 24.3 Å². The number of primary sulfonamides is 1. The molecular weight excluding hydrogens is 337 g/mol. The highest BCUT2D eigenvalue weighted by Crippen LogP contribution is 2.12. The fourth-order valence-electron chi connectivity index (χ4n) is 1.80. The number of anilines is 1. The molecule has 0 aromatic heterocycles. The first kappa shape index (κ1) is 17.6. The van der Waals surface area contributed by atoms with Crippen molar-refractivity contribution < 1.29 is 22.4 Å². The minimum atomic E-state index is -3.79. The Hall–Kier alpha value is -2.78. The van der Waals surface area contributed by atoms with Crippen LogP contribution >= 0.6 is 0 Å². The number of carbonyl (C=O) groups is 2. The Morgan fingerprint density at radius 1 is 1.00 bits per heavy atom. The molecule has 0 aliphatic carbocycles. The number of para-hydroxylation sites is 1. The SMILES string of the molecule is NS(=O)(=O)c1ccc(CNC(=O)C(=O)Nc2ccccc2F)cc1. The molecule has 0 unspecified atom stereocenters. The Morgan fingerprint density at radius 2 is 1.62 bits per heavy atom. The lowest BCUT2D eigenvalue weighted by atomic mass is 10.2. The van der Waals surface area contributed by atoms with Gasteiger partial charge in [-0.2, -0.15) is 0 Å². The third kappa shape index (κ3) is 4.61. The maximum atomic E-state index is 13.4. The van der Waals surface area contributed by atoms with E-state index >= 15 is 0 Å². The number of hydrogen-bond donors (Lipinski definition) is 3. The zero-order valence-corrected chi connectivity index (χ0v) is 13.1. The van der Waals surface area contributed by atoms with Crippen LogP contribution in [0.4, 0.5) is 10.1 Å². The number of hydrogen-bond acceptors (Lipinski definition) is 4. The Kier molecular flexibility index (Phi) is 5.27. The predicted octanol–water partition coefficient (Wildman–Crippen LogP) is 0.728. The Bertz CT molecular complexity index is 867. The molecule has 0 heterocycles. The van der Waals surface area contributed by atoms with Crippen molar-refractivity contribution in [2.75, 3.05) is 5.32 Å². The van der Waals surface area contributed by atoms with E-state index in [4.69, 9.17) is 5.14 Å². The molecule has 0 aliphatic rings. The second-order valence-corrected chi connectivity index (χ2v) is 6.37. The molecule has 126 valence electrons. The third-order valence-electron chi connectivity index (χ3n) is 3.03. The van der Waals surface area contributed by atoms with Crippen molar-refractivity contribution in [3.8, 4) is 0 Å². The van der Waals surface area contributed by atoms with Crippen molar-refractivity contribution in [3.05, 3.63) is 59.9 Å². The first-order valence-electron chi connectivity index (χ1n) is 6.73. The van der Waals surface area contributed by atoms with Crippen molar-refractivity contribution in [2.45, 2.75) is 11.4 Å². The molecular formula is C15H14FN3O4S. The lowest BCUT2D eigenvalue weighted by Crippen LogP contribution is -2.35. The number of rotatable bonds is 4. The van der Waals surface area contributed by atoms with Gasteiger partial charge in [0.2, 0.25) is 10.0 Å². The maximum absolute atomic E-state index is 13.4. The van der Waals surface area contributed by atoms with Gasteiger partial charge in [-0.05, 0) is 29.8 Å². The molecule has 0 fully saturated rings. The first-order chi connectivity index (χ1) is 11.3. The monoisotopic (exact) mass is 351 g/mol. The molecule has 0 saturated carbocycles. The van der Waals surface area contributed by atoms with Crippen LogP contribution in [0.5, 0.6) is 0 Å². The molecule has 0 radical (unpaired) electrons. The fraction of sp³-hybridized carbons (Fsp3) is 0.0667. The normalized spacial score (nSPS) is 10.9. The van der Waals surface area contributed by atoms with Gasteiger partial charge in [-0.25, -0.2) is 17.9 Å². The van der Waals surface area contributed by atoms with E-state index in [2.05, 4.69) is 10.6 Å². The molecule has 2 aromatic rings. The Labute approximate surface area is 137 Å². The van der Waals surface area contributed by atoms with Gasteiger partial charge in [0.15, 0.2) is 0 Å². The summed E-state index contributed by atoms with van der Waals surface area (Å²) in [6, 6.07) is 10.9. The molecule has 7 nitrogen and oxygen atoms in total. The molecule has 0 saturated heterocycles. The van der Waals surface area contributed by atoms with Gasteiger partial charge in [0, 0.05) is 6.54 Å². The highest BCUT2D eigenvalue weighted by atomic mass is 32.2. The molecule has 2 rings (SSSR count). The average molecular weight is 351 g/mol. The highest BCUT2D eigenvalue weighted by Gasteiger charge is 2.15. The van der Waals surface area contributed by atoms with Crippen LogP contribution in [-0.4, -0.2) is 20.2 Å². The van der Waals surface area contributed by atoms with Gasteiger partial charge in [-0.3, -0.25) is 9.59 Å². The summed E-state index contributed by atoms with van der Waals surface area (Å²) >= 11 is 0. The van der Waals surface area contributed by atoms with Crippen LogP contribution < -0.4 is 15.8 Å². The van der Waals surface area contributed by atoms with Crippen LogP contribution in [-0.2, 0) is 26.2 Å². The highest BCUT2D eigenvalue weighted by molar-refractivity contribution is 7.89. The van der Waals surface area contributed by atoms with E-state index in [1.165, 1.54) is 42.5 Å². The van der Waals surface area contributed by atoms with Gasteiger partial charge in [0.05, 0.1) is 10.6 Å². The lowest BCUT2D eigenvalue weighted by Gasteiger charge is -2.07. The largest absolute Gasteiger partial charge is 0.344 e. The van der Waals surface area contributed by atoms with Crippen molar-refractivity contribution in [1.82, 2.24) is 5.32 Å². The zero-order valence-electron chi connectivity index (χ0n) is 12.3. The van der Waals surface area contributed by atoms with E-state index in [9.17, 15) is 22.4 Å². The van der Waals surface area contributed by atoms with E-state index < -0.39 is 27.7 Å². The molecule has 9 heteroatoms. The average Bonchev–Trinajstić information content (AvgIpc) is 2.54. The minimum absolute atomic E-state index is 0.00553. The molecule has 0 aliphatic heterocycles. The standard InChI is InChI=1S/C15H14FN3O4S/c16-12-3-1-2-4-13(12)19-15(21)14(20)18-9-10-5-7-11(8-6-10)24(17,22)23/h1-8H,9H2,(H,18,20)(H,19,21)(H2,17,22,23). The molecule has 2 amide bonds. The summed E-state index contributed by atoms with van der Waals surface area (Å²) < 4.78 is 35.6. The summed E-state index contributed by atoms with van der Waals surface area (Å²) in [6.07, 6.45) is 0. The molecule has 0 atom stereocenters. The van der Waals surface area contributed by atoms with Gasteiger partial charge in [0.25, 0.3) is 0 Å². The molecule has 0 spiro atoms. The van der Waals surface area contributed by atoms with Crippen molar-refractivity contribution in [3.63, 3.8) is 0 Å². The minimum Gasteiger partial charge on any atom is -0.344 e. The Morgan fingerprint density at radius 3 is 2.21 bits per heavy atom. The van der Waals surface area contributed by atoms with Crippen molar-refractivity contribution in [2.24, 2.45) is 5.14 Å². The molecule has 24 heavy (non-hydrogen) atoms. The second kappa shape index (κ2) is 7.20. The number of amides is 2. The summed E-state index contributed by atoms with van der Waals surface area (Å²) in [7, 11) is -3.79. The zero-order chi connectivity index (χ0) is 17.7. The number of carbonyl (C=O) groups excluding carboxylic acids is 2. The van der Waals surface area contributed by atoms with Crippen LogP contribution in [0.3, 0.4) is 0 Å². The van der Waals surface area contributed by atoms with E-state index in [0.717, 1.165) is 6.07 Å². The van der Waals surface area contributed by atoms with Crippen LogP contribution in [0.1, 0.15) is 5.56 Å². The van der Waals surface area contributed by atoms with E-state index in [0.29, 0.717) is 5.56 Å². The first-order valence-corrected chi connectivity index (χ1v) is 8.27. The predicted molar refractivity (Wildman–Crippen MR) is 84.7 cm³/mol. The fourth-order valence-corrected chi connectivity index (χ4v) is 2.32. The van der Waals surface area contributed by atoms with Gasteiger partial charge in [0.1, 0.15) is 5.82 Å². The smallest absolute Gasteiger partial charge is 0.313 e. The van der Waals surface area contributed by atoms with Gasteiger partial charge in [-0.15, -0.1) is 0 Å². The Balaban J connectivity index is 1.93. The number of nitrogens with one attached hydrogen (secondary N) is 2. The van der Waals surface area contributed by atoms with E-state index in [1.54, 1.807) is 0 Å². The van der Waals surface area contributed by atoms with E-state index in [-0.39, 0.29) is 17.1 Å². The van der Waals surface area contributed by atoms with Crippen molar-refractivity contribution >= 4 is 27.5 Å². The number of halogens is 1. The number of sulfonamides is 1. The molecule has 4 N–H and O–H groups in total. The topological polar surface area (TPSA) is 118 Å². The number of nitrogens with two attached hydrogens (primary N) is 1. The maximum Gasteiger partial charge on any atom is 0.313 e. The summed E-state index contributed by atoms with van der Waals surface area (Å²) in [4.78, 5) is 23.3. The van der Waals surface area contributed by atoms with Gasteiger partial charge >= 0.3 is 11.8 Å². The van der Waals surface area contributed by atoms with Crippen LogP contribution in [0.25, 0.3) is 0 Å². The summed E-state index contributed by atoms with van der Waals surface area (Å²) in [5.74, 6) is -2.62.